The molecular weight excluding hydrogens is 260 g/mol. The summed E-state index contributed by atoms with van der Waals surface area (Å²) in [4.78, 5) is 12.6. The number of rotatable bonds is 4. The summed E-state index contributed by atoms with van der Waals surface area (Å²) in [7, 11) is 0. The molecule has 19 heavy (non-hydrogen) atoms. The van der Waals surface area contributed by atoms with Crippen LogP contribution in [-0.2, 0) is 9.53 Å². The lowest BCUT2D eigenvalue weighted by molar-refractivity contribution is -0.225. The Morgan fingerprint density at radius 1 is 1.58 bits per heavy atom. The summed E-state index contributed by atoms with van der Waals surface area (Å²) in [5.41, 5.74) is 5.45. The Bertz CT molecular complexity index is 361. The van der Waals surface area contributed by atoms with Crippen LogP contribution in [0.3, 0.4) is 0 Å². The molecule has 0 aromatic rings. The third kappa shape index (κ3) is 2.20. The molecule has 110 valence electrons. The van der Waals surface area contributed by atoms with Crippen molar-refractivity contribution in [3.05, 3.63) is 0 Å². The van der Waals surface area contributed by atoms with Crippen molar-refractivity contribution in [3.63, 3.8) is 0 Å². The fourth-order valence-corrected chi connectivity index (χ4v) is 4.26. The first-order valence-corrected chi connectivity index (χ1v) is 8.45. The van der Waals surface area contributed by atoms with Gasteiger partial charge in [-0.15, -0.1) is 0 Å². The maximum absolute atomic E-state index is 12.6. The van der Waals surface area contributed by atoms with E-state index in [-0.39, 0.29) is 29.4 Å². The SMILES string of the molecule is CSCC(C)NC(=O)C1(N)C2CCCOC2C1(C)C. The number of hydrogen-bond acceptors (Lipinski definition) is 4. The van der Waals surface area contributed by atoms with E-state index in [1.807, 2.05) is 13.2 Å². The van der Waals surface area contributed by atoms with Crippen molar-refractivity contribution in [2.45, 2.75) is 51.3 Å². The molecule has 2 aliphatic rings. The summed E-state index contributed by atoms with van der Waals surface area (Å²) in [5, 5.41) is 3.07. The van der Waals surface area contributed by atoms with E-state index in [9.17, 15) is 4.79 Å². The van der Waals surface area contributed by atoms with E-state index in [0.29, 0.717) is 0 Å². The largest absolute Gasteiger partial charge is 0.377 e. The van der Waals surface area contributed by atoms with Gasteiger partial charge in [0.25, 0.3) is 0 Å². The second-order valence-corrected chi connectivity index (χ2v) is 7.37. The average molecular weight is 286 g/mol. The molecule has 1 aliphatic carbocycles. The van der Waals surface area contributed by atoms with Gasteiger partial charge in [0.05, 0.1) is 6.10 Å². The Labute approximate surface area is 120 Å². The molecule has 0 spiro atoms. The number of ether oxygens (including phenoxy) is 1. The highest BCUT2D eigenvalue weighted by molar-refractivity contribution is 7.98. The molecule has 1 heterocycles. The second-order valence-electron chi connectivity index (χ2n) is 6.46. The van der Waals surface area contributed by atoms with Crippen molar-refractivity contribution < 1.29 is 9.53 Å². The summed E-state index contributed by atoms with van der Waals surface area (Å²) < 4.78 is 5.83. The first-order chi connectivity index (χ1) is 8.85. The molecule has 4 atom stereocenters. The van der Waals surface area contributed by atoms with Crippen molar-refractivity contribution in [2.75, 3.05) is 18.6 Å². The van der Waals surface area contributed by atoms with Gasteiger partial charge in [0.1, 0.15) is 5.54 Å². The number of nitrogens with one attached hydrogen (secondary N) is 1. The number of hydrogen-bond donors (Lipinski definition) is 2. The summed E-state index contributed by atoms with van der Waals surface area (Å²) in [5.74, 6) is 1.07. The predicted molar refractivity (Wildman–Crippen MR) is 79.2 cm³/mol. The van der Waals surface area contributed by atoms with Crippen LogP contribution >= 0.6 is 11.8 Å². The molecule has 0 aromatic carbocycles. The van der Waals surface area contributed by atoms with Crippen LogP contribution in [0, 0.1) is 11.3 Å². The number of thioether (sulfide) groups is 1. The lowest BCUT2D eigenvalue weighted by Crippen LogP contribution is -2.82. The third-order valence-electron chi connectivity index (χ3n) is 4.85. The van der Waals surface area contributed by atoms with E-state index >= 15 is 0 Å². The second kappa shape index (κ2) is 5.26. The Balaban J connectivity index is 2.10. The molecule has 1 aliphatic heterocycles. The van der Waals surface area contributed by atoms with E-state index in [1.54, 1.807) is 11.8 Å². The summed E-state index contributed by atoms with van der Waals surface area (Å²) in [6, 6.07) is 0.155. The van der Waals surface area contributed by atoms with Gasteiger partial charge in [0.2, 0.25) is 5.91 Å². The van der Waals surface area contributed by atoms with E-state index in [4.69, 9.17) is 10.5 Å². The average Bonchev–Trinajstić information content (AvgIpc) is 2.37. The molecule has 0 bridgehead atoms. The number of amides is 1. The molecule has 2 fully saturated rings. The summed E-state index contributed by atoms with van der Waals surface area (Å²) >= 11 is 1.73. The molecule has 0 aromatic heterocycles. The maximum atomic E-state index is 12.6. The highest BCUT2D eigenvalue weighted by atomic mass is 32.2. The first kappa shape index (κ1) is 15.1. The molecule has 4 nitrogen and oxygen atoms in total. The lowest BCUT2D eigenvalue weighted by atomic mass is 9.46. The van der Waals surface area contributed by atoms with Gasteiger partial charge in [0.15, 0.2) is 0 Å². The van der Waals surface area contributed by atoms with Crippen molar-refractivity contribution in [3.8, 4) is 0 Å². The molecule has 4 unspecified atom stereocenters. The third-order valence-corrected chi connectivity index (χ3v) is 5.69. The Morgan fingerprint density at radius 3 is 2.89 bits per heavy atom. The zero-order valence-corrected chi connectivity index (χ0v) is 13.2. The molecule has 2 rings (SSSR count). The molecule has 1 saturated carbocycles. The quantitative estimate of drug-likeness (QED) is 0.819. The van der Waals surface area contributed by atoms with Crippen LogP contribution in [-0.4, -0.2) is 42.2 Å². The number of carbonyl (C=O) groups excluding carboxylic acids is 1. The smallest absolute Gasteiger partial charge is 0.241 e. The number of fused-ring (bicyclic) bond motifs is 1. The highest BCUT2D eigenvalue weighted by Crippen LogP contribution is 2.57. The zero-order chi connectivity index (χ0) is 14.3. The van der Waals surface area contributed by atoms with E-state index in [1.165, 1.54) is 0 Å². The lowest BCUT2D eigenvalue weighted by Gasteiger charge is -2.65. The van der Waals surface area contributed by atoms with Gasteiger partial charge in [-0.25, -0.2) is 0 Å². The standard InChI is InChI=1S/C14H26N2O2S/c1-9(8-19-4)16-12(17)14(15)10-6-5-7-18-11(10)13(14,2)3/h9-11H,5-8,15H2,1-4H3,(H,16,17). The maximum Gasteiger partial charge on any atom is 0.241 e. The minimum atomic E-state index is -0.787. The van der Waals surface area contributed by atoms with Crippen LogP contribution in [0.2, 0.25) is 0 Å². The molecule has 1 amide bonds. The zero-order valence-electron chi connectivity index (χ0n) is 12.4. The fourth-order valence-electron chi connectivity index (χ4n) is 3.67. The molecule has 1 saturated heterocycles. The molecule has 0 radical (unpaired) electrons. The minimum Gasteiger partial charge on any atom is -0.377 e. The van der Waals surface area contributed by atoms with Gasteiger partial charge >= 0.3 is 0 Å². The minimum absolute atomic E-state index is 0.00852. The van der Waals surface area contributed by atoms with Crippen molar-refractivity contribution in [1.82, 2.24) is 5.32 Å². The summed E-state index contributed by atoms with van der Waals surface area (Å²) in [6.07, 6.45) is 4.17. The number of carbonyl (C=O) groups is 1. The number of nitrogens with two attached hydrogens (primary N) is 1. The Morgan fingerprint density at radius 2 is 2.26 bits per heavy atom. The van der Waals surface area contributed by atoms with Crippen molar-refractivity contribution in [1.29, 1.82) is 0 Å². The van der Waals surface area contributed by atoms with Gasteiger partial charge < -0.3 is 15.8 Å². The van der Waals surface area contributed by atoms with Crippen LogP contribution in [0.1, 0.15) is 33.6 Å². The van der Waals surface area contributed by atoms with Gasteiger partial charge in [-0.1, -0.05) is 13.8 Å². The van der Waals surface area contributed by atoms with E-state index in [0.717, 1.165) is 25.2 Å². The molecular formula is C14H26N2O2S. The van der Waals surface area contributed by atoms with Gasteiger partial charge in [-0.2, -0.15) is 11.8 Å². The normalized spacial score (nSPS) is 37.9. The van der Waals surface area contributed by atoms with Crippen LogP contribution in [0.5, 0.6) is 0 Å². The monoisotopic (exact) mass is 286 g/mol. The van der Waals surface area contributed by atoms with Crippen LogP contribution in [0.4, 0.5) is 0 Å². The first-order valence-electron chi connectivity index (χ1n) is 7.06. The van der Waals surface area contributed by atoms with Crippen LogP contribution in [0.15, 0.2) is 0 Å². The van der Waals surface area contributed by atoms with E-state index < -0.39 is 5.54 Å². The van der Waals surface area contributed by atoms with Gasteiger partial charge in [-0.3, -0.25) is 4.79 Å². The highest BCUT2D eigenvalue weighted by Gasteiger charge is 2.70. The van der Waals surface area contributed by atoms with Crippen molar-refractivity contribution >= 4 is 17.7 Å². The predicted octanol–water partition coefficient (Wildman–Crippen LogP) is 1.39. The van der Waals surface area contributed by atoms with Crippen molar-refractivity contribution in [2.24, 2.45) is 17.1 Å². The fraction of sp³-hybridized carbons (Fsp3) is 0.929. The van der Waals surface area contributed by atoms with E-state index in [2.05, 4.69) is 19.2 Å². The molecule has 3 N–H and O–H groups in total. The van der Waals surface area contributed by atoms with Crippen LogP contribution in [0.25, 0.3) is 0 Å². The Kier molecular flexibility index (Phi) is 4.19. The topological polar surface area (TPSA) is 64.4 Å². The van der Waals surface area contributed by atoms with Gasteiger partial charge in [-0.05, 0) is 26.0 Å². The van der Waals surface area contributed by atoms with Gasteiger partial charge in [0, 0.05) is 29.7 Å². The summed E-state index contributed by atoms with van der Waals surface area (Å²) in [6.45, 7) is 6.93. The Hall–Kier alpha value is -0.260. The van der Waals surface area contributed by atoms with Crippen LogP contribution < -0.4 is 11.1 Å². The molecule has 5 heteroatoms.